The summed E-state index contributed by atoms with van der Waals surface area (Å²) < 4.78 is 39.9. The van der Waals surface area contributed by atoms with Gasteiger partial charge in [-0.3, -0.25) is 19.6 Å². The fraction of sp³-hybridized carbons (Fsp3) is 0.409. The Balaban J connectivity index is 2.18. The number of benzene rings is 1. The van der Waals surface area contributed by atoms with Gasteiger partial charge in [-0.05, 0) is 30.2 Å². The molecular formula is C22H27F3N4O4. The molecule has 0 fully saturated rings. The molecule has 2 amide bonds. The number of anilines is 1. The van der Waals surface area contributed by atoms with E-state index >= 15 is 0 Å². The first-order valence-corrected chi connectivity index (χ1v) is 10.4. The maximum atomic E-state index is 12.9. The van der Waals surface area contributed by atoms with Crippen LogP contribution in [-0.4, -0.2) is 33.7 Å². The number of rotatable bonds is 11. The molecule has 1 aromatic carbocycles. The molecule has 1 atom stereocenters. The van der Waals surface area contributed by atoms with Crippen LogP contribution in [0.2, 0.25) is 0 Å². The van der Waals surface area contributed by atoms with Crippen molar-refractivity contribution in [1.29, 1.82) is 0 Å². The Labute approximate surface area is 188 Å². The molecular weight excluding hydrogens is 441 g/mol. The van der Waals surface area contributed by atoms with Gasteiger partial charge in [-0.25, -0.2) is 15.9 Å². The van der Waals surface area contributed by atoms with Crippen LogP contribution < -0.4 is 16.4 Å². The molecule has 0 aliphatic heterocycles. The van der Waals surface area contributed by atoms with Gasteiger partial charge in [0.25, 0.3) is 5.56 Å². The predicted octanol–water partition coefficient (Wildman–Crippen LogP) is 3.17. The fourth-order valence-electron chi connectivity index (χ4n) is 3.35. The summed E-state index contributed by atoms with van der Waals surface area (Å²) in [5.74, 6) is 4.57. The minimum absolute atomic E-state index is 0.0846. The van der Waals surface area contributed by atoms with Gasteiger partial charge in [-0.2, -0.15) is 13.2 Å². The van der Waals surface area contributed by atoms with Crippen LogP contribution in [0.25, 0.3) is 0 Å². The second-order valence-corrected chi connectivity index (χ2v) is 7.68. The highest BCUT2D eigenvalue weighted by molar-refractivity contribution is 5.94. The third kappa shape index (κ3) is 7.43. The Morgan fingerprint density at radius 1 is 1.24 bits per heavy atom. The van der Waals surface area contributed by atoms with Gasteiger partial charge in [-0.1, -0.05) is 38.3 Å². The first kappa shape index (κ1) is 26.1. The second-order valence-electron chi connectivity index (χ2n) is 7.68. The number of hydrogen-bond donors (Lipinski definition) is 2. The summed E-state index contributed by atoms with van der Waals surface area (Å²) >= 11 is 0. The van der Waals surface area contributed by atoms with E-state index in [-0.39, 0.29) is 30.8 Å². The smallest absolute Gasteiger partial charge is 0.311 e. The van der Waals surface area contributed by atoms with Crippen molar-refractivity contribution in [3.05, 3.63) is 64.1 Å². The number of nitrogens with zero attached hydrogens (tertiary/aromatic N) is 3. The number of hydroxylamine groups is 2. The normalized spacial score (nSPS) is 12.3. The Morgan fingerprint density at radius 2 is 1.97 bits per heavy atom. The number of alkyl halides is 3. The highest BCUT2D eigenvalue weighted by atomic mass is 19.4. The van der Waals surface area contributed by atoms with E-state index in [9.17, 15) is 32.8 Å². The van der Waals surface area contributed by atoms with Crippen LogP contribution >= 0.6 is 0 Å². The lowest BCUT2D eigenvalue weighted by Crippen LogP contribution is -2.45. The number of carbonyl (C=O) groups excluding carboxylic acids is 2. The maximum absolute atomic E-state index is 12.9. The molecule has 0 unspecified atom stereocenters. The van der Waals surface area contributed by atoms with Gasteiger partial charge in [0.05, 0.1) is 30.3 Å². The van der Waals surface area contributed by atoms with Crippen LogP contribution in [-0.2, 0) is 22.3 Å². The zero-order valence-corrected chi connectivity index (χ0v) is 18.2. The summed E-state index contributed by atoms with van der Waals surface area (Å²) in [5.41, 5.74) is -1.01. The van der Waals surface area contributed by atoms with Crippen molar-refractivity contribution < 1.29 is 28.0 Å². The molecule has 0 saturated carbocycles. The van der Waals surface area contributed by atoms with Crippen molar-refractivity contribution in [1.82, 2.24) is 9.63 Å². The zero-order valence-electron chi connectivity index (χ0n) is 18.2. The Bertz CT molecular complexity index is 1010. The number of nitrogens with two attached hydrogens (primary N) is 1. The lowest BCUT2D eigenvalue weighted by molar-refractivity contribution is -0.154. The molecule has 0 radical (unpaired) electrons. The number of hydrogen-bond acceptors (Lipinski definition) is 5. The lowest BCUT2D eigenvalue weighted by Gasteiger charge is -2.25. The number of unbranched alkanes of at least 4 members (excludes halogenated alkanes) is 2. The number of amides is 2. The minimum atomic E-state index is -4.49. The standard InChI is InChI=1S/C22H27F3N4O4/c1-2-3-4-7-17(14-28(33)15-30)21(32)29(26)19-9-10-27(20(31)12-19)13-16-6-5-8-18(11-16)22(23,24)25/h5-6,8-12,15,17,33H,2-4,7,13-14,26H2,1H3/t17-/m1/s1. The van der Waals surface area contributed by atoms with Crippen LogP contribution in [0.5, 0.6) is 0 Å². The number of hydrazine groups is 1. The minimum Gasteiger partial charge on any atom is -0.311 e. The second kappa shape index (κ2) is 11.6. The van der Waals surface area contributed by atoms with Gasteiger partial charge in [0, 0.05) is 12.3 Å². The predicted molar refractivity (Wildman–Crippen MR) is 115 cm³/mol. The van der Waals surface area contributed by atoms with E-state index < -0.39 is 29.1 Å². The van der Waals surface area contributed by atoms with E-state index in [0.29, 0.717) is 17.9 Å². The Kier molecular flexibility index (Phi) is 9.18. The number of halogens is 3. The van der Waals surface area contributed by atoms with Crippen molar-refractivity contribution in [3.8, 4) is 0 Å². The molecule has 180 valence electrons. The molecule has 8 nitrogen and oxygen atoms in total. The van der Waals surface area contributed by atoms with Crippen molar-refractivity contribution in [3.63, 3.8) is 0 Å². The van der Waals surface area contributed by atoms with Crippen molar-refractivity contribution >= 4 is 18.0 Å². The van der Waals surface area contributed by atoms with Crippen molar-refractivity contribution in [2.24, 2.45) is 11.8 Å². The molecule has 1 heterocycles. The van der Waals surface area contributed by atoms with Gasteiger partial charge in [-0.15, -0.1) is 0 Å². The van der Waals surface area contributed by atoms with Crippen LogP contribution in [0.15, 0.2) is 47.4 Å². The van der Waals surface area contributed by atoms with E-state index in [4.69, 9.17) is 5.84 Å². The maximum Gasteiger partial charge on any atom is 0.416 e. The monoisotopic (exact) mass is 468 g/mol. The van der Waals surface area contributed by atoms with Gasteiger partial charge >= 0.3 is 6.18 Å². The quantitative estimate of drug-likeness (QED) is 0.132. The van der Waals surface area contributed by atoms with Gasteiger partial charge in [0.15, 0.2) is 0 Å². The largest absolute Gasteiger partial charge is 0.416 e. The summed E-state index contributed by atoms with van der Waals surface area (Å²) in [4.78, 5) is 36.1. The molecule has 0 spiro atoms. The molecule has 0 bridgehead atoms. The highest BCUT2D eigenvalue weighted by Crippen LogP contribution is 2.29. The van der Waals surface area contributed by atoms with E-state index in [1.807, 2.05) is 6.92 Å². The Morgan fingerprint density at radius 3 is 2.58 bits per heavy atom. The first-order chi connectivity index (χ1) is 15.6. The number of pyridine rings is 1. The van der Waals surface area contributed by atoms with Crippen molar-refractivity contribution in [2.45, 2.75) is 45.3 Å². The first-order valence-electron chi connectivity index (χ1n) is 10.4. The summed E-state index contributed by atoms with van der Waals surface area (Å²) in [7, 11) is 0. The van der Waals surface area contributed by atoms with Crippen LogP contribution in [0, 0.1) is 5.92 Å². The molecule has 3 N–H and O–H groups in total. The molecule has 33 heavy (non-hydrogen) atoms. The summed E-state index contributed by atoms with van der Waals surface area (Å²) in [6.45, 7) is 1.65. The third-order valence-corrected chi connectivity index (χ3v) is 5.14. The number of carbonyl (C=O) groups is 2. The summed E-state index contributed by atoms with van der Waals surface area (Å²) in [6, 6.07) is 7.15. The highest BCUT2D eigenvalue weighted by Gasteiger charge is 2.30. The van der Waals surface area contributed by atoms with Gasteiger partial charge in [0.2, 0.25) is 12.3 Å². The summed E-state index contributed by atoms with van der Waals surface area (Å²) in [5, 5.41) is 10.7. The number of aromatic nitrogens is 1. The summed E-state index contributed by atoms with van der Waals surface area (Å²) in [6.07, 6.45) is -0.131. The van der Waals surface area contributed by atoms with E-state index in [0.717, 1.165) is 36.0 Å². The van der Waals surface area contributed by atoms with Crippen molar-refractivity contribution in [2.75, 3.05) is 11.6 Å². The van der Waals surface area contributed by atoms with E-state index in [1.54, 1.807) is 0 Å². The topological polar surface area (TPSA) is 109 Å². The van der Waals surface area contributed by atoms with Crippen LogP contribution in [0.3, 0.4) is 0 Å². The molecule has 11 heteroatoms. The lowest BCUT2D eigenvalue weighted by atomic mass is 9.99. The molecule has 2 aromatic rings. The Hall–Kier alpha value is -3.18. The average molecular weight is 468 g/mol. The third-order valence-electron chi connectivity index (χ3n) is 5.14. The SMILES string of the molecule is CCCCC[C@H](CN(O)C=O)C(=O)N(N)c1ccn(Cc2cccc(C(F)(F)F)c2)c(=O)c1. The molecule has 0 saturated heterocycles. The fourth-order valence-corrected chi connectivity index (χ4v) is 3.35. The average Bonchev–Trinajstić information content (AvgIpc) is 2.78. The van der Waals surface area contributed by atoms with Crippen LogP contribution in [0.4, 0.5) is 18.9 Å². The van der Waals surface area contributed by atoms with Gasteiger partial charge < -0.3 is 4.57 Å². The molecule has 0 aliphatic rings. The van der Waals surface area contributed by atoms with E-state index in [1.165, 1.54) is 29.0 Å². The molecule has 0 aliphatic carbocycles. The van der Waals surface area contributed by atoms with E-state index in [2.05, 4.69) is 0 Å². The van der Waals surface area contributed by atoms with Crippen LogP contribution in [0.1, 0.15) is 43.7 Å². The zero-order chi connectivity index (χ0) is 24.6. The molecule has 1 aromatic heterocycles. The van der Waals surface area contributed by atoms with Gasteiger partial charge in [0.1, 0.15) is 0 Å². The molecule has 2 rings (SSSR count).